The summed E-state index contributed by atoms with van der Waals surface area (Å²) in [4.78, 5) is 11.6. The normalized spacial score (nSPS) is 14.7. The van der Waals surface area contributed by atoms with Crippen molar-refractivity contribution >= 4 is 16.9 Å². The molecule has 176 valence electrons. The molecule has 3 aromatic rings. The molecular formula is C26H28F3NO3. The Bertz CT molecular complexity index is 1110. The molecule has 1 fully saturated rings. The van der Waals surface area contributed by atoms with Crippen LogP contribution in [-0.2, 0) is 28.9 Å². The molecule has 0 amide bonds. The lowest BCUT2D eigenvalue weighted by atomic mass is 9.91. The maximum absolute atomic E-state index is 13.7. The average Bonchev–Trinajstić information content (AvgIpc) is 3.46. The summed E-state index contributed by atoms with van der Waals surface area (Å²) in [6, 6.07) is 12.1. The van der Waals surface area contributed by atoms with E-state index in [0.717, 1.165) is 36.6 Å². The largest absolute Gasteiger partial charge is 0.489 e. The van der Waals surface area contributed by atoms with Gasteiger partial charge in [-0.2, -0.15) is 13.2 Å². The molecule has 1 heterocycles. The number of halogens is 3. The van der Waals surface area contributed by atoms with Gasteiger partial charge in [0.05, 0.1) is 18.6 Å². The van der Waals surface area contributed by atoms with Crippen molar-refractivity contribution in [1.82, 2.24) is 4.57 Å². The Hall–Kier alpha value is -2.96. The van der Waals surface area contributed by atoms with E-state index in [2.05, 4.69) is 0 Å². The standard InChI is InChI=1S/C26H28F3NO3/c1-2-32-25(31)12-14-30-13-11-20-16-21(8-10-24(20)30)33-17-18-7-9-22(19-5-3-4-6-19)23(15-18)26(27,28)29/h7-11,13,15-16,19H,2-6,12,14,17H2,1H3. The van der Waals surface area contributed by atoms with Crippen molar-refractivity contribution in [1.29, 1.82) is 0 Å². The van der Waals surface area contributed by atoms with Gasteiger partial charge in [-0.25, -0.2) is 0 Å². The quantitative estimate of drug-likeness (QED) is 0.346. The van der Waals surface area contributed by atoms with Crippen molar-refractivity contribution in [2.75, 3.05) is 6.61 Å². The Morgan fingerprint density at radius 3 is 2.61 bits per heavy atom. The van der Waals surface area contributed by atoms with E-state index in [1.807, 2.05) is 29.0 Å². The van der Waals surface area contributed by atoms with Gasteiger partial charge in [0.25, 0.3) is 0 Å². The van der Waals surface area contributed by atoms with Gasteiger partial charge in [0.2, 0.25) is 0 Å². The minimum Gasteiger partial charge on any atom is -0.489 e. The zero-order valence-corrected chi connectivity index (χ0v) is 18.7. The van der Waals surface area contributed by atoms with Crippen molar-refractivity contribution in [3.63, 3.8) is 0 Å². The Balaban J connectivity index is 1.45. The summed E-state index contributed by atoms with van der Waals surface area (Å²) in [6.45, 7) is 2.71. The third-order valence-electron chi connectivity index (χ3n) is 6.23. The molecule has 2 aromatic carbocycles. The molecule has 33 heavy (non-hydrogen) atoms. The Morgan fingerprint density at radius 2 is 1.88 bits per heavy atom. The van der Waals surface area contributed by atoms with Gasteiger partial charge in [0, 0.05) is 23.6 Å². The van der Waals surface area contributed by atoms with E-state index in [4.69, 9.17) is 9.47 Å². The first kappa shape index (κ1) is 23.2. The number of esters is 1. The number of hydrogen-bond acceptors (Lipinski definition) is 3. The molecule has 0 spiro atoms. The lowest BCUT2D eigenvalue weighted by Gasteiger charge is -2.19. The SMILES string of the molecule is CCOC(=O)CCn1ccc2cc(OCc3ccc(C4CCCC4)c(C(F)(F)F)c3)ccc21. The van der Waals surface area contributed by atoms with Crippen LogP contribution in [0.2, 0.25) is 0 Å². The Labute approximate surface area is 191 Å². The van der Waals surface area contributed by atoms with Crippen LogP contribution in [0.25, 0.3) is 10.9 Å². The van der Waals surface area contributed by atoms with Crippen LogP contribution in [0.1, 0.15) is 61.6 Å². The van der Waals surface area contributed by atoms with Gasteiger partial charge in [0.15, 0.2) is 0 Å². The van der Waals surface area contributed by atoms with Crippen molar-refractivity contribution in [3.05, 3.63) is 65.4 Å². The Kier molecular flexibility index (Phi) is 6.96. The number of carbonyl (C=O) groups excluding carboxylic acids is 1. The lowest BCUT2D eigenvalue weighted by Crippen LogP contribution is -2.12. The summed E-state index contributed by atoms with van der Waals surface area (Å²) in [6.07, 6.45) is 1.41. The molecule has 4 rings (SSSR count). The van der Waals surface area contributed by atoms with Gasteiger partial charge >= 0.3 is 12.1 Å². The molecule has 1 aliphatic rings. The predicted octanol–water partition coefficient (Wildman–Crippen LogP) is 6.85. The molecule has 7 heteroatoms. The molecule has 0 saturated heterocycles. The third kappa shape index (κ3) is 5.52. The van der Waals surface area contributed by atoms with E-state index in [1.54, 1.807) is 25.1 Å². The predicted molar refractivity (Wildman–Crippen MR) is 120 cm³/mol. The minimum absolute atomic E-state index is 0.00753. The van der Waals surface area contributed by atoms with E-state index < -0.39 is 11.7 Å². The second kappa shape index (κ2) is 9.89. The van der Waals surface area contributed by atoms with E-state index in [0.29, 0.717) is 30.0 Å². The molecule has 4 nitrogen and oxygen atoms in total. The first-order valence-corrected chi connectivity index (χ1v) is 11.4. The van der Waals surface area contributed by atoms with Gasteiger partial charge in [-0.3, -0.25) is 4.79 Å². The van der Waals surface area contributed by atoms with E-state index in [1.165, 1.54) is 6.07 Å². The van der Waals surface area contributed by atoms with Crippen molar-refractivity contribution < 1.29 is 27.4 Å². The molecule has 1 aromatic heterocycles. The van der Waals surface area contributed by atoms with Crippen LogP contribution in [-0.4, -0.2) is 17.1 Å². The number of aryl methyl sites for hydroxylation is 1. The van der Waals surface area contributed by atoms with E-state index in [9.17, 15) is 18.0 Å². The number of benzene rings is 2. The van der Waals surface area contributed by atoms with Crippen LogP contribution in [0.15, 0.2) is 48.7 Å². The monoisotopic (exact) mass is 459 g/mol. The van der Waals surface area contributed by atoms with Gasteiger partial charge in [0.1, 0.15) is 12.4 Å². The summed E-state index contributed by atoms with van der Waals surface area (Å²) >= 11 is 0. The number of hydrogen-bond donors (Lipinski definition) is 0. The first-order chi connectivity index (χ1) is 15.8. The van der Waals surface area contributed by atoms with Crippen LogP contribution in [0.5, 0.6) is 5.75 Å². The second-order valence-electron chi connectivity index (χ2n) is 8.47. The molecule has 0 bridgehead atoms. The van der Waals surface area contributed by atoms with Crippen molar-refractivity contribution in [2.45, 2.75) is 64.3 Å². The fourth-order valence-corrected chi connectivity index (χ4v) is 4.61. The lowest BCUT2D eigenvalue weighted by molar-refractivity contribution is -0.143. The molecule has 0 N–H and O–H groups in total. The number of carbonyl (C=O) groups is 1. The van der Waals surface area contributed by atoms with Crippen LogP contribution in [0, 0.1) is 0 Å². The van der Waals surface area contributed by atoms with Crippen LogP contribution < -0.4 is 4.74 Å². The van der Waals surface area contributed by atoms with Gasteiger partial charge in [-0.15, -0.1) is 0 Å². The zero-order chi connectivity index (χ0) is 23.4. The molecule has 1 aliphatic carbocycles. The number of ether oxygens (including phenoxy) is 2. The summed E-state index contributed by atoms with van der Waals surface area (Å²) in [5, 5.41) is 0.934. The van der Waals surface area contributed by atoms with Crippen LogP contribution in [0.4, 0.5) is 13.2 Å². The van der Waals surface area contributed by atoms with Crippen molar-refractivity contribution in [3.8, 4) is 5.75 Å². The molecule has 0 aliphatic heterocycles. The topological polar surface area (TPSA) is 40.5 Å². The highest BCUT2D eigenvalue weighted by atomic mass is 19.4. The highest BCUT2D eigenvalue weighted by molar-refractivity contribution is 5.82. The Morgan fingerprint density at radius 1 is 1.09 bits per heavy atom. The van der Waals surface area contributed by atoms with Crippen LogP contribution >= 0.6 is 0 Å². The number of alkyl halides is 3. The maximum atomic E-state index is 13.7. The third-order valence-corrected chi connectivity index (χ3v) is 6.23. The molecule has 0 atom stereocenters. The smallest absolute Gasteiger partial charge is 0.416 e. The average molecular weight is 460 g/mol. The van der Waals surface area contributed by atoms with Gasteiger partial charge in [-0.1, -0.05) is 25.0 Å². The summed E-state index contributed by atoms with van der Waals surface area (Å²) in [5.41, 5.74) is 1.32. The number of rotatable bonds is 8. The van der Waals surface area contributed by atoms with Gasteiger partial charge in [-0.05, 0) is 67.1 Å². The second-order valence-corrected chi connectivity index (χ2v) is 8.47. The molecule has 0 radical (unpaired) electrons. The minimum atomic E-state index is -4.38. The molecular weight excluding hydrogens is 431 g/mol. The maximum Gasteiger partial charge on any atom is 0.416 e. The van der Waals surface area contributed by atoms with Gasteiger partial charge < -0.3 is 14.0 Å². The van der Waals surface area contributed by atoms with Crippen molar-refractivity contribution in [2.24, 2.45) is 0 Å². The summed E-state index contributed by atoms with van der Waals surface area (Å²) < 4.78 is 53.9. The number of aromatic nitrogens is 1. The van der Waals surface area contributed by atoms with E-state index >= 15 is 0 Å². The van der Waals surface area contributed by atoms with Crippen LogP contribution in [0.3, 0.4) is 0 Å². The zero-order valence-electron chi connectivity index (χ0n) is 18.7. The summed E-state index contributed by atoms with van der Waals surface area (Å²) in [5.74, 6) is 0.336. The fraction of sp³-hybridized carbons (Fsp3) is 0.423. The fourth-order valence-electron chi connectivity index (χ4n) is 4.61. The van der Waals surface area contributed by atoms with E-state index in [-0.39, 0.29) is 24.9 Å². The highest BCUT2D eigenvalue weighted by Crippen LogP contribution is 2.42. The summed E-state index contributed by atoms with van der Waals surface area (Å²) in [7, 11) is 0. The number of nitrogens with zero attached hydrogens (tertiary/aromatic N) is 1. The number of fused-ring (bicyclic) bond motifs is 1. The molecule has 1 saturated carbocycles. The highest BCUT2D eigenvalue weighted by Gasteiger charge is 2.36. The first-order valence-electron chi connectivity index (χ1n) is 11.4. The molecule has 0 unspecified atom stereocenters.